The summed E-state index contributed by atoms with van der Waals surface area (Å²) in [5, 5.41) is 9.74. The van der Waals surface area contributed by atoms with Crippen molar-refractivity contribution in [2.24, 2.45) is 202 Å². The zero-order valence-electron chi connectivity index (χ0n) is 84.7. The van der Waals surface area contributed by atoms with Crippen LogP contribution in [0.5, 0.6) is 5.75 Å². The molecule has 6 unspecified atom stereocenters. The zero-order chi connectivity index (χ0) is 86.5. The third kappa shape index (κ3) is 17.4. The Kier molecular flexibility index (Phi) is 27.9. The van der Waals surface area contributed by atoms with E-state index < -0.39 is 0 Å². The molecule has 1 N–H and O–H groups in total. The summed E-state index contributed by atoms with van der Waals surface area (Å²) >= 11 is 0. The van der Waals surface area contributed by atoms with Crippen molar-refractivity contribution in [2.45, 2.75) is 526 Å². The molecular formula is C123H202O2. The molecular weight excluding hydrogens is 1510 g/mol. The lowest BCUT2D eigenvalue weighted by atomic mass is 9.42. The lowest BCUT2D eigenvalue weighted by Gasteiger charge is -2.62. The first kappa shape index (κ1) is 92.7. The third-order valence-electron chi connectivity index (χ3n) is 51.0. The van der Waals surface area contributed by atoms with Crippen molar-refractivity contribution < 1.29 is 9.90 Å². The summed E-state index contributed by atoms with van der Waals surface area (Å²) in [5.74, 6) is 27.9. The van der Waals surface area contributed by atoms with Gasteiger partial charge in [0.1, 0.15) is 11.5 Å². The van der Waals surface area contributed by atoms with E-state index >= 15 is 0 Å². The van der Waals surface area contributed by atoms with Crippen LogP contribution in [0.3, 0.4) is 0 Å². The van der Waals surface area contributed by atoms with Crippen LogP contribution in [0.2, 0.25) is 0 Å². The molecule has 0 amide bonds. The highest BCUT2D eigenvalue weighted by Crippen LogP contribution is 2.72. The van der Waals surface area contributed by atoms with Crippen LogP contribution < -0.4 is 0 Å². The predicted octanol–water partition coefficient (Wildman–Crippen LogP) is 36.5. The Balaban J connectivity index is 0.0000000982. The van der Waals surface area contributed by atoms with E-state index in [1.54, 1.807) is 276 Å². The van der Waals surface area contributed by atoms with Gasteiger partial charge in [0.25, 0.3) is 0 Å². The molecule has 2 heteroatoms. The molecule has 23 aliphatic rings. The van der Waals surface area contributed by atoms with Crippen LogP contribution in [0.4, 0.5) is 0 Å². The van der Waals surface area contributed by atoms with Crippen LogP contribution in [0.25, 0.3) is 0 Å². The summed E-state index contributed by atoms with van der Waals surface area (Å²) < 4.78 is 0. The Labute approximate surface area is 773 Å². The Morgan fingerprint density at radius 3 is 1.49 bits per heavy atom. The highest BCUT2D eigenvalue weighted by Gasteiger charge is 2.63. The van der Waals surface area contributed by atoms with E-state index in [9.17, 15) is 9.90 Å². The van der Waals surface area contributed by atoms with E-state index in [-0.39, 0.29) is 5.41 Å². The Bertz CT molecular complexity index is 3720. The molecule has 0 saturated heterocycles. The molecule has 1 aromatic rings. The van der Waals surface area contributed by atoms with Gasteiger partial charge in [-0.05, 0) is 528 Å². The molecule has 22 fully saturated rings. The minimum Gasteiger partial charge on any atom is -0.508 e. The molecule has 125 heavy (non-hydrogen) atoms. The average molecular weight is 1710 g/mol. The van der Waals surface area contributed by atoms with E-state index in [1.807, 2.05) is 12.1 Å². The van der Waals surface area contributed by atoms with Crippen LogP contribution in [0, 0.1) is 202 Å². The van der Waals surface area contributed by atoms with Crippen molar-refractivity contribution in [3.63, 3.8) is 0 Å². The van der Waals surface area contributed by atoms with Gasteiger partial charge in [0.2, 0.25) is 0 Å². The molecule has 0 spiro atoms. The Morgan fingerprint density at radius 2 is 0.792 bits per heavy atom. The maximum absolute atomic E-state index is 12.7. The number of phenols is 1. The van der Waals surface area contributed by atoms with Crippen molar-refractivity contribution in [1.82, 2.24) is 0 Å². The number of phenolic OH excluding ortho intramolecular Hbond substituents is 1. The number of fused-ring (bicyclic) bond motifs is 29. The van der Waals surface area contributed by atoms with Crippen LogP contribution in [0.15, 0.2) is 18.2 Å². The van der Waals surface area contributed by atoms with E-state index in [2.05, 4.69) is 89.2 Å². The fourth-order valence-corrected chi connectivity index (χ4v) is 43.4. The zero-order valence-corrected chi connectivity index (χ0v) is 84.7. The van der Waals surface area contributed by atoms with Gasteiger partial charge in [-0.25, -0.2) is 0 Å². The fourth-order valence-electron chi connectivity index (χ4n) is 43.4. The van der Waals surface area contributed by atoms with Crippen molar-refractivity contribution in [3.05, 3.63) is 29.3 Å². The summed E-state index contributed by atoms with van der Waals surface area (Å²) in [6.07, 6.45) is 102. The maximum Gasteiger partial charge on any atom is 0.139 e. The summed E-state index contributed by atoms with van der Waals surface area (Å²) in [7, 11) is 0. The molecule has 2 bridgehead atoms. The van der Waals surface area contributed by atoms with Gasteiger partial charge in [0.15, 0.2) is 0 Å². The number of carbonyl (C=O) groups excluding carboxylic acids is 1. The van der Waals surface area contributed by atoms with Gasteiger partial charge in [-0.3, -0.25) is 4.79 Å². The number of Topliss-reactive ketones (excluding diaryl/α,β-unsaturated/α-hetero) is 1. The molecule has 22 saturated carbocycles. The summed E-state index contributed by atoms with van der Waals surface area (Å²) in [6.45, 7) is 31.3. The lowest BCUT2D eigenvalue weighted by Crippen LogP contribution is -2.54. The van der Waals surface area contributed by atoms with E-state index in [0.717, 1.165) is 212 Å². The monoisotopic (exact) mass is 1710 g/mol. The Morgan fingerprint density at radius 1 is 0.288 bits per heavy atom. The Hall–Kier alpha value is -1.31. The number of ketones is 1. The summed E-state index contributed by atoms with van der Waals surface area (Å²) in [4.78, 5) is 12.7. The molecule has 1 aromatic carbocycles. The van der Waals surface area contributed by atoms with Crippen molar-refractivity contribution in [2.75, 3.05) is 0 Å². The third-order valence-corrected chi connectivity index (χ3v) is 51.0. The van der Waals surface area contributed by atoms with Gasteiger partial charge in [0, 0.05) is 11.8 Å². The molecule has 0 aliphatic heterocycles. The number of aryl methyl sites for hydroxylation is 1. The molecule has 0 radical (unpaired) electrons. The van der Waals surface area contributed by atoms with Crippen molar-refractivity contribution >= 4 is 5.78 Å². The predicted molar refractivity (Wildman–Crippen MR) is 529 cm³/mol. The second-order valence-corrected chi connectivity index (χ2v) is 55.6. The van der Waals surface area contributed by atoms with Gasteiger partial charge in [-0.1, -0.05) is 218 Å². The normalized spacial score (nSPS) is 51.9. The van der Waals surface area contributed by atoms with Crippen LogP contribution in [-0.4, -0.2) is 10.9 Å². The number of carbonyl (C=O) groups is 1. The SMILES string of the molecule is CC[C@H]1CC[C@H]2[C@@H]3CC[C@H]4CCCC[C@H]4C[C@H]3CC[C@]12C.CC[C@H]1CC[C@H]2[C@@H]3CC[C@H]4CCCC[C@]4(C)[C@H]3CC[C@]2(C)C1.C[C@@]12CCCC1C1CC[C@H]3CCCCC[C@]3(C)C1CC2.C[C@@]12CCC[C@H]1C[C@@H]1CC[C@H]3CCCC[C@]3(C)[C@H]1CC2.C[C@@]12CCC[C@H]1[C@@H]1CC[C@H]3CCCC[C@]3(C)[C@@H](CC2)C1.C[C@]12CCC3c4ccc(O)cc4CCC3C1CCCCC2=O. The molecule has 23 aliphatic carbocycles. The summed E-state index contributed by atoms with van der Waals surface area (Å²) in [5.41, 5.74) is 9.28. The topological polar surface area (TPSA) is 37.3 Å². The van der Waals surface area contributed by atoms with E-state index in [0.29, 0.717) is 34.7 Å². The number of benzene rings is 1. The van der Waals surface area contributed by atoms with Gasteiger partial charge in [-0.15, -0.1) is 0 Å². The van der Waals surface area contributed by atoms with Crippen molar-refractivity contribution in [1.29, 1.82) is 0 Å². The maximum atomic E-state index is 12.7. The smallest absolute Gasteiger partial charge is 0.139 e. The largest absolute Gasteiger partial charge is 0.508 e. The van der Waals surface area contributed by atoms with Gasteiger partial charge >= 0.3 is 0 Å². The van der Waals surface area contributed by atoms with Crippen molar-refractivity contribution in [3.8, 4) is 5.75 Å². The molecule has 2 nitrogen and oxygen atoms in total. The van der Waals surface area contributed by atoms with Gasteiger partial charge < -0.3 is 5.11 Å². The summed E-state index contributed by atoms with van der Waals surface area (Å²) in [6, 6.07) is 5.94. The molecule has 36 atom stereocenters. The molecule has 0 heterocycles. The molecule has 0 aromatic heterocycles. The lowest BCUT2D eigenvalue weighted by molar-refractivity contribution is -0.135. The highest BCUT2D eigenvalue weighted by atomic mass is 16.3. The van der Waals surface area contributed by atoms with Crippen LogP contribution in [-0.2, 0) is 11.2 Å². The standard InChI is InChI=1S/C22H38.C21H36.C20H26O2.3C20H34/c1-4-16-8-11-19-18-10-9-17-7-5-6-13-22(17,3)20(18)12-14-21(19,2)15-16;1-3-18-9-11-20-19-10-8-15-6-4-5-7-16(15)14-17(19)12-13-21(18,20)2;1-20-11-10-16-15-9-7-14(21)12-13(15)6-8-17(16)18(20)4-2-3-5-19(20)22;1-19-11-5-7-18(19)15-8-9-16-6-3-4-12-20(16,2)17(14-15)10-13-19;1-19-11-5-7-17(19)14-15-8-9-16-6-3-4-12-20(16,2)18(15)10-13-19;1-19-12-6-8-17(19)16-10-9-15-7-4-3-5-13-20(15,2)18(16)11-14-19/h16-20H,4-15H2,1-3H3;15-20H,3-14H2,1-2H3;7,9,12,16-18,21H,2-6,8,10-11H2,1H3;3*15-18H,3-14H2,1-2H3/t16-,17+,18-,19-,20-,21+,22-;15-,16+,17-,18+,19-,20+,21-;16?,17?,18?,20-;15-,16-,17+,18+,19+,20+;15-,16+,17-,18-,19-,20-;15-,16?,17?,18?,19+,20+/m010101/s1. The molecule has 706 valence electrons. The minimum atomic E-state index is -0.0634. The quantitative estimate of drug-likeness (QED) is 0.320. The number of aromatic hydroxyl groups is 1. The number of rotatable bonds is 2. The van der Waals surface area contributed by atoms with Crippen LogP contribution in [0.1, 0.15) is 530 Å². The average Bonchev–Trinajstić information content (AvgIpc) is 1.72. The molecule has 24 rings (SSSR count). The van der Waals surface area contributed by atoms with Crippen LogP contribution >= 0.6 is 0 Å². The second-order valence-electron chi connectivity index (χ2n) is 55.6. The number of hydrogen-bond acceptors (Lipinski definition) is 2. The first-order valence-corrected chi connectivity index (χ1v) is 58.6. The van der Waals surface area contributed by atoms with E-state index in [1.165, 1.54) is 140 Å². The number of hydrogen-bond donors (Lipinski definition) is 1. The first-order chi connectivity index (χ1) is 60.3. The fraction of sp³-hybridized carbons (Fsp3) is 0.943. The van der Waals surface area contributed by atoms with Gasteiger partial charge in [-0.2, -0.15) is 0 Å². The minimum absolute atomic E-state index is 0.0634. The highest BCUT2D eigenvalue weighted by molar-refractivity contribution is 5.85. The first-order valence-electron chi connectivity index (χ1n) is 58.6. The second kappa shape index (κ2) is 37.6. The van der Waals surface area contributed by atoms with E-state index in [4.69, 9.17) is 0 Å². The van der Waals surface area contributed by atoms with Gasteiger partial charge in [0.05, 0.1) is 0 Å².